The van der Waals surface area contributed by atoms with E-state index in [0.29, 0.717) is 6.54 Å². The molecule has 8 heteroatoms. The van der Waals surface area contributed by atoms with Gasteiger partial charge in [-0.3, -0.25) is 4.79 Å². The maximum atomic E-state index is 12.1. The van der Waals surface area contributed by atoms with Crippen molar-refractivity contribution in [3.8, 4) is 0 Å². The van der Waals surface area contributed by atoms with E-state index in [1.165, 1.54) is 12.5 Å². The molecule has 106 valence electrons. The van der Waals surface area contributed by atoms with Crippen LogP contribution in [0.5, 0.6) is 0 Å². The minimum atomic E-state index is -3.74. The molecule has 0 bridgehead atoms. The summed E-state index contributed by atoms with van der Waals surface area (Å²) in [4.78, 5) is 14.6. The monoisotopic (exact) mass is 287 g/mol. The zero-order valence-corrected chi connectivity index (χ0v) is 11.4. The molecule has 2 rings (SSSR count). The molecule has 1 atom stereocenters. The van der Waals surface area contributed by atoms with Crippen LogP contribution < -0.4 is 4.72 Å². The molecule has 1 fully saturated rings. The molecule has 0 aromatic carbocycles. The standard InChI is InChI=1S/C11H17N3O4S/c1-2-14-6-10(12-7-14)19(17,18)13-9(5-11(15)16)8-3-4-8/h6-9,13H,2-5H2,1H3,(H,15,16). The molecule has 7 nitrogen and oxygen atoms in total. The van der Waals surface area contributed by atoms with Crippen molar-refractivity contribution in [2.24, 2.45) is 5.92 Å². The van der Waals surface area contributed by atoms with Crippen LogP contribution in [0, 0.1) is 5.92 Å². The largest absolute Gasteiger partial charge is 0.481 e. The van der Waals surface area contributed by atoms with Crippen molar-refractivity contribution in [2.75, 3.05) is 0 Å². The van der Waals surface area contributed by atoms with Crippen LogP contribution in [0.15, 0.2) is 17.6 Å². The van der Waals surface area contributed by atoms with Gasteiger partial charge in [-0.15, -0.1) is 0 Å². The van der Waals surface area contributed by atoms with Gasteiger partial charge in [0.15, 0.2) is 5.03 Å². The molecule has 0 saturated heterocycles. The number of hydrogen-bond acceptors (Lipinski definition) is 4. The first-order valence-electron chi connectivity index (χ1n) is 6.18. The molecule has 0 amide bonds. The Morgan fingerprint density at radius 1 is 1.63 bits per heavy atom. The smallest absolute Gasteiger partial charge is 0.304 e. The van der Waals surface area contributed by atoms with Gasteiger partial charge in [-0.25, -0.2) is 18.1 Å². The molecular formula is C11H17N3O4S. The molecule has 0 radical (unpaired) electrons. The van der Waals surface area contributed by atoms with E-state index >= 15 is 0 Å². The van der Waals surface area contributed by atoms with E-state index in [1.807, 2.05) is 6.92 Å². The lowest BCUT2D eigenvalue weighted by molar-refractivity contribution is -0.137. The van der Waals surface area contributed by atoms with Gasteiger partial charge in [0.05, 0.1) is 12.7 Å². The quantitative estimate of drug-likeness (QED) is 0.757. The highest BCUT2D eigenvalue weighted by Crippen LogP contribution is 2.34. The number of sulfonamides is 1. The Bertz CT molecular complexity index is 562. The molecular weight excluding hydrogens is 270 g/mol. The van der Waals surface area contributed by atoms with Crippen LogP contribution in [0.25, 0.3) is 0 Å². The predicted octanol–water partition coefficient (Wildman–Crippen LogP) is 0.435. The first-order valence-corrected chi connectivity index (χ1v) is 7.66. The number of nitrogens with zero attached hydrogens (tertiary/aromatic N) is 2. The van der Waals surface area contributed by atoms with Crippen molar-refractivity contribution in [1.82, 2.24) is 14.3 Å². The van der Waals surface area contributed by atoms with E-state index in [1.54, 1.807) is 4.57 Å². The third kappa shape index (κ3) is 3.54. The lowest BCUT2D eigenvalue weighted by atomic mass is 10.1. The Balaban J connectivity index is 2.12. The fourth-order valence-corrected chi connectivity index (χ4v) is 3.16. The summed E-state index contributed by atoms with van der Waals surface area (Å²) in [5.74, 6) is -0.877. The second-order valence-corrected chi connectivity index (χ2v) is 6.37. The van der Waals surface area contributed by atoms with Gasteiger partial charge in [0, 0.05) is 18.8 Å². The Morgan fingerprint density at radius 2 is 2.32 bits per heavy atom. The first-order chi connectivity index (χ1) is 8.92. The van der Waals surface area contributed by atoms with Crippen molar-refractivity contribution in [3.63, 3.8) is 0 Å². The van der Waals surface area contributed by atoms with Gasteiger partial charge >= 0.3 is 5.97 Å². The number of aryl methyl sites for hydroxylation is 1. The van der Waals surface area contributed by atoms with Crippen LogP contribution in [0.3, 0.4) is 0 Å². The van der Waals surface area contributed by atoms with Crippen LogP contribution in [0.4, 0.5) is 0 Å². The van der Waals surface area contributed by atoms with E-state index in [4.69, 9.17) is 5.11 Å². The fourth-order valence-electron chi connectivity index (χ4n) is 1.90. The van der Waals surface area contributed by atoms with E-state index in [-0.39, 0.29) is 17.4 Å². The molecule has 0 aliphatic heterocycles. The second kappa shape index (κ2) is 5.30. The number of carboxylic acid groups (broad SMARTS) is 1. The van der Waals surface area contributed by atoms with Crippen molar-refractivity contribution < 1.29 is 18.3 Å². The van der Waals surface area contributed by atoms with Gasteiger partial charge in [-0.1, -0.05) is 0 Å². The van der Waals surface area contributed by atoms with Crippen LogP contribution in [-0.2, 0) is 21.4 Å². The minimum Gasteiger partial charge on any atom is -0.481 e. The van der Waals surface area contributed by atoms with Crippen molar-refractivity contribution in [1.29, 1.82) is 0 Å². The zero-order chi connectivity index (χ0) is 14.0. The highest BCUT2D eigenvalue weighted by Gasteiger charge is 2.36. The summed E-state index contributed by atoms with van der Waals surface area (Å²) in [6.07, 6.45) is 4.41. The molecule has 1 aliphatic rings. The number of carbonyl (C=O) groups is 1. The van der Waals surface area contributed by atoms with Crippen LogP contribution >= 0.6 is 0 Å². The highest BCUT2D eigenvalue weighted by atomic mass is 32.2. The van der Waals surface area contributed by atoms with E-state index in [2.05, 4.69) is 9.71 Å². The molecule has 2 N–H and O–H groups in total. The maximum Gasteiger partial charge on any atom is 0.304 e. The number of rotatable bonds is 7. The predicted molar refractivity (Wildman–Crippen MR) is 67.0 cm³/mol. The van der Waals surface area contributed by atoms with E-state index in [9.17, 15) is 13.2 Å². The van der Waals surface area contributed by atoms with Crippen LogP contribution in [0.2, 0.25) is 0 Å². The van der Waals surface area contributed by atoms with E-state index in [0.717, 1.165) is 12.8 Å². The number of carboxylic acids is 1. The topological polar surface area (TPSA) is 101 Å². The van der Waals surface area contributed by atoms with Crippen molar-refractivity contribution >= 4 is 16.0 Å². The SMILES string of the molecule is CCn1cnc(S(=O)(=O)NC(CC(=O)O)C2CC2)c1. The summed E-state index contributed by atoms with van der Waals surface area (Å²) >= 11 is 0. The Morgan fingerprint density at radius 3 is 2.79 bits per heavy atom. The lowest BCUT2D eigenvalue weighted by Gasteiger charge is -2.15. The van der Waals surface area contributed by atoms with Crippen molar-refractivity contribution in [2.45, 2.75) is 43.8 Å². The molecule has 1 aliphatic carbocycles. The molecule has 1 heterocycles. The molecule has 19 heavy (non-hydrogen) atoms. The summed E-state index contributed by atoms with van der Waals surface area (Å²) in [6.45, 7) is 2.51. The van der Waals surface area contributed by atoms with Gasteiger partial charge in [0.1, 0.15) is 0 Å². The molecule has 1 aromatic rings. The Hall–Kier alpha value is -1.41. The number of hydrogen-bond donors (Lipinski definition) is 2. The normalized spacial score (nSPS) is 17.3. The third-order valence-corrected chi connectivity index (χ3v) is 4.52. The highest BCUT2D eigenvalue weighted by molar-refractivity contribution is 7.89. The number of aromatic nitrogens is 2. The first kappa shape index (κ1) is 14.0. The van der Waals surface area contributed by atoms with Gasteiger partial charge in [-0.05, 0) is 25.7 Å². The molecule has 1 unspecified atom stereocenters. The average Bonchev–Trinajstić information content (AvgIpc) is 3.04. The Labute approximate surface area is 111 Å². The van der Waals surface area contributed by atoms with Gasteiger partial charge in [-0.2, -0.15) is 0 Å². The van der Waals surface area contributed by atoms with Crippen LogP contribution in [-0.4, -0.2) is 35.1 Å². The molecule has 1 saturated carbocycles. The van der Waals surface area contributed by atoms with Crippen LogP contribution in [0.1, 0.15) is 26.2 Å². The number of aliphatic carboxylic acids is 1. The molecule has 0 spiro atoms. The summed E-state index contributed by atoms with van der Waals surface area (Å²) in [7, 11) is -3.74. The van der Waals surface area contributed by atoms with Gasteiger partial charge in [0.25, 0.3) is 10.0 Å². The second-order valence-electron chi connectivity index (χ2n) is 4.71. The molecule has 1 aromatic heterocycles. The van der Waals surface area contributed by atoms with Gasteiger partial charge < -0.3 is 9.67 Å². The Kier molecular flexibility index (Phi) is 3.91. The summed E-state index contributed by atoms with van der Waals surface area (Å²) in [5.41, 5.74) is 0. The summed E-state index contributed by atoms with van der Waals surface area (Å²) in [5, 5.41) is 8.75. The zero-order valence-electron chi connectivity index (χ0n) is 10.6. The lowest BCUT2D eigenvalue weighted by Crippen LogP contribution is -2.38. The number of nitrogens with one attached hydrogen (secondary N) is 1. The third-order valence-electron chi connectivity index (χ3n) is 3.14. The minimum absolute atomic E-state index is 0.0645. The maximum absolute atomic E-state index is 12.1. The summed E-state index contributed by atoms with van der Waals surface area (Å²) < 4.78 is 28.3. The number of imidazole rings is 1. The van der Waals surface area contributed by atoms with Crippen molar-refractivity contribution in [3.05, 3.63) is 12.5 Å². The van der Waals surface area contributed by atoms with E-state index < -0.39 is 22.0 Å². The van der Waals surface area contributed by atoms with Gasteiger partial charge in [0.2, 0.25) is 0 Å². The summed E-state index contributed by atoms with van der Waals surface area (Å²) in [6, 6.07) is -0.547. The fraction of sp³-hybridized carbons (Fsp3) is 0.636. The average molecular weight is 287 g/mol.